The van der Waals surface area contributed by atoms with Gasteiger partial charge < -0.3 is 15.2 Å². The van der Waals surface area contributed by atoms with Crippen LogP contribution in [0, 0.1) is 0 Å². The minimum atomic E-state index is 0.0530. The summed E-state index contributed by atoms with van der Waals surface area (Å²) in [4.78, 5) is 0. The number of nitrogens with two attached hydrogens (primary N) is 1. The maximum Gasteiger partial charge on any atom is 0.166 e. The molecule has 1 aliphatic heterocycles. The normalized spacial score (nSPS) is 15.0. The van der Waals surface area contributed by atoms with Crippen LogP contribution in [0.1, 0.15) is 69.9 Å². The zero-order valence-electron chi connectivity index (χ0n) is 13.3. The summed E-state index contributed by atoms with van der Waals surface area (Å²) < 4.78 is 11.4. The Kier molecular flexibility index (Phi) is 6.87. The summed E-state index contributed by atoms with van der Waals surface area (Å²) >= 11 is 0. The minimum absolute atomic E-state index is 0.0530. The van der Waals surface area contributed by atoms with Gasteiger partial charge in [0.25, 0.3) is 0 Å². The van der Waals surface area contributed by atoms with E-state index in [0.29, 0.717) is 13.2 Å². The highest BCUT2D eigenvalue weighted by molar-refractivity contribution is 5.48. The van der Waals surface area contributed by atoms with Gasteiger partial charge in [-0.25, -0.2) is 0 Å². The van der Waals surface area contributed by atoms with Crippen molar-refractivity contribution in [3.05, 3.63) is 23.8 Å². The lowest BCUT2D eigenvalue weighted by Gasteiger charge is -2.23. The zero-order chi connectivity index (χ0) is 14.9. The second-order valence-electron chi connectivity index (χ2n) is 5.89. The number of fused-ring (bicyclic) bond motifs is 1. The van der Waals surface area contributed by atoms with Crippen LogP contribution in [0.2, 0.25) is 0 Å². The van der Waals surface area contributed by atoms with E-state index >= 15 is 0 Å². The van der Waals surface area contributed by atoms with E-state index in [2.05, 4.69) is 13.0 Å². The van der Waals surface area contributed by atoms with E-state index in [1.165, 1.54) is 44.9 Å². The number of hydrogen-bond acceptors (Lipinski definition) is 3. The Hall–Kier alpha value is -1.22. The average molecular weight is 291 g/mol. The topological polar surface area (TPSA) is 44.5 Å². The van der Waals surface area contributed by atoms with Gasteiger partial charge in [0.15, 0.2) is 11.5 Å². The Morgan fingerprint density at radius 2 is 1.71 bits per heavy atom. The van der Waals surface area contributed by atoms with Gasteiger partial charge in [-0.1, -0.05) is 64.0 Å². The van der Waals surface area contributed by atoms with Crippen molar-refractivity contribution in [2.24, 2.45) is 5.73 Å². The Morgan fingerprint density at radius 3 is 2.52 bits per heavy atom. The van der Waals surface area contributed by atoms with Gasteiger partial charge in [-0.3, -0.25) is 0 Å². The fourth-order valence-electron chi connectivity index (χ4n) is 2.87. The third-order valence-corrected chi connectivity index (χ3v) is 4.11. The third-order valence-electron chi connectivity index (χ3n) is 4.11. The molecule has 1 atom stereocenters. The van der Waals surface area contributed by atoms with Gasteiger partial charge >= 0.3 is 0 Å². The molecule has 1 unspecified atom stereocenters. The fourth-order valence-corrected chi connectivity index (χ4v) is 2.87. The Balaban J connectivity index is 1.75. The van der Waals surface area contributed by atoms with Gasteiger partial charge in [0.1, 0.15) is 13.2 Å². The van der Waals surface area contributed by atoms with Gasteiger partial charge in [0, 0.05) is 11.6 Å². The van der Waals surface area contributed by atoms with Gasteiger partial charge in [0.2, 0.25) is 0 Å². The van der Waals surface area contributed by atoms with Crippen LogP contribution in [0.3, 0.4) is 0 Å². The molecule has 1 aliphatic rings. The summed E-state index contributed by atoms with van der Waals surface area (Å²) in [5, 5.41) is 0. The highest BCUT2D eigenvalue weighted by Crippen LogP contribution is 2.37. The molecule has 118 valence electrons. The van der Waals surface area contributed by atoms with Crippen LogP contribution in [0.4, 0.5) is 0 Å². The number of unbranched alkanes of at least 4 members (excludes halogenated alkanes) is 6. The van der Waals surface area contributed by atoms with Crippen molar-refractivity contribution in [3.63, 3.8) is 0 Å². The van der Waals surface area contributed by atoms with E-state index in [0.717, 1.165) is 23.5 Å². The molecule has 0 fully saturated rings. The SMILES string of the molecule is CCCCCCCCCC(N)c1cccc2c1OCCO2. The molecule has 0 bridgehead atoms. The van der Waals surface area contributed by atoms with Crippen LogP contribution in [-0.2, 0) is 0 Å². The monoisotopic (exact) mass is 291 g/mol. The molecule has 0 aromatic heterocycles. The summed E-state index contributed by atoms with van der Waals surface area (Å²) in [6.45, 7) is 3.50. The van der Waals surface area contributed by atoms with Crippen LogP contribution < -0.4 is 15.2 Å². The molecular weight excluding hydrogens is 262 g/mol. The lowest BCUT2D eigenvalue weighted by atomic mass is 9.99. The molecule has 0 saturated carbocycles. The lowest BCUT2D eigenvalue weighted by Crippen LogP contribution is -2.19. The summed E-state index contributed by atoms with van der Waals surface area (Å²) in [5.41, 5.74) is 7.44. The van der Waals surface area contributed by atoms with Crippen LogP contribution in [0.15, 0.2) is 18.2 Å². The first-order valence-electron chi connectivity index (χ1n) is 8.47. The van der Waals surface area contributed by atoms with Crippen LogP contribution in [0.5, 0.6) is 11.5 Å². The lowest BCUT2D eigenvalue weighted by molar-refractivity contribution is 0.169. The average Bonchev–Trinajstić information content (AvgIpc) is 2.53. The van der Waals surface area contributed by atoms with Crippen molar-refractivity contribution in [1.29, 1.82) is 0 Å². The second kappa shape index (κ2) is 8.93. The minimum Gasteiger partial charge on any atom is -0.486 e. The Bertz CT molecular complexity index is 420. The molecule has 0 aliphatic carbocycles. The van der Waals surface area contributed by atoms with Crippen molar-refractivity contribution >= 4 is 0 Å². The predicted octanol–water partition coefficient (Wildman–Crippen LogP) is 4.60. The molecule has 3 nitrogen and oxygen atoms in total. The van der Waals surface area contributed by atoms with E-state index in [1.807, 2.05) is 12.1 Å². The second-order valence-corrected chi connectivity index (χ2v) is 5.89. The Morgan fingerprint density at radius 1 is 1.00 bits per heavy atom. The maximum atomic E-state index is 6.35. The summed E-state index contributed by atoms with van der Waals surface area (Å²) in [7, 11) is 0. The number of ether oxygens (including phenoxy) is 2. The largest absolute Gasteiger partial charge is 0.486 e. The van der Waals surface area contributed by atoms with Crippen LogP contribution in [0.25, 0.3) is 0 Å². The molecule has 0 saturated heterocycles. The molecule has 3 heteroatoms. The van der Waals surface area contributed by atoms with Gasteiger partial charge in [-0.2, -0.15) is 0 Å². The van der Waals surface area contributed by atoms with E-state index in [-0.39, 0.29) is 6.04 Å². The molecule has 1 heterocycles. The molecule has 1 aromatic carbocycles. The van der Waals surface area contributed by atoms with Crippen molar-refractivity contribution in [1.82, 2.24) is 0 Å². The molecule has 21 heavy (non-hydrogen) atoms. The number of hydrogen-bond donors (Lipinski definition) is 1. The molecule has 0 radical (unpaired) electrons. The highest BCUT2D eigenvalue weighted by atomic mass is 16.6. The first kappa shape index (κ1) is 16.2. The van der Waals surface area contributed by atoms with Crippen molar-refractivity contribution in [3.8, 4) is 11.5 Å². The third kappa shape index (κ3) is 4.92. The fraction of sp³-hybridized carbons (Fsp3) is 0.667. The van der Waals surface area contributed by atoms with E-state index in [4.69, 9.17) is 15.2 Å². The smallest absolute Gasteiger partial charge is 0.166 e. The first-order valence-corrected chi connectivity index (χ1v) is 8.47. The van der Waals surface area contributed by atoms with E-state index < -0.39 is 0 Å². The van der Waals surface area contributed by atoms with E-state index in [1.54, 1.807) is 0 Å². The zero-order valence-corrected chi connectivity index (χ0v) is 13.3. The van der Waals surface area contributed by atoms with Crippen molar-refractivity contribution in [2.45, 2.75) is 64.3 Å². The molecule has 0 spiro atoms. The summed E-state index contributed by atoms with van der Waals surface area (Å²) in [6, 6.07) is 6.09. The predicted molar refractivity (Wildman–Crippen MR) is 87.0 cm³/mol. The van der Waals surface area contributed by atoms with Gasteiger partial charge in [-0.15, -0.1) is 0 Å². The standard InChI is InChI=1S/C18H29NO2/c1-2-3-4-5-6-7-8-11-16(19)15-10-9-12-17-18(15)21-14-13-20-17/h9-10,12,16H,2-8,11,13-14,19H2,1H3. The molecular formula is C18H29NO2. The number of benzene rings is 1. The first-order chi connectivity index (χ1) is 10.3. The maximum absolute atomic E-state index is 6.35. The molecule has 1 aromatic rings. The van der Waals surface area contributed by atoms with Gasteiger partial charge in [0.05, 0.1) is 0 Å². The number of rotatable bonds is 9. The highest BCUT2D eigenvalue weighted by Gasteiger charge is 2.19. The summed E-state index contributed by atoms with van der Waals surface area (Å²) in [6.07, 6.45) is 10.2. The number of para-hydroxylation sites is 1. The molecule has 0 amide bonds. The van der Waals surface area contributed by atoms with Crippen LogP contribution in [-0.4, -0.2) is 13.2 Å². The molecule has 2 rings (SSSR count). The Labute approximate surface area is 128 Å². The quantitative estimate of drug-likeness (QED) is 0.676. The molecule has 2 N–H and O–H groups in total. The van der Waals surface area contributed by atoms with Crippen LogP contribution >= 0.6 is 0 Å². The van der Waals surface area contributed by atoms with Crippen molar-refractivity contribution in [2.75, 3.05) is 13.2 Å². The van der Waals surface area contributed by atoms with Crippen molar-refractivity contribution < 1.29 is 9.47 Å². The summed E-state index contributed by atoms with van der Waals surface area (Å²) in [5.74, 6) is 1.70. The van der Waals surface area contributed by atoms with Gasteiger partial charge in [-0.05, 0) is 12.5 Å². The van der Waals surface area contributed by atoms with E-state index in [9.17, 15) is 0 Å².